The van der Waals surface area contributed by atoms with Crippen molar-refractivity contribution in [2.24, 2.45) is 0 Å². The largest absolute Gasteiger partial charge is 0.495 e. The molecule has 10 nitrogen and oxygen atoms in total. The van der Waals surface area contributed by atoms with Gasteiger partial charge in [-0.05, 0) is 56.5 Å². The normalized spacial score (nSPS) is 21.5. The molecule has 1 saturated heterocycles. The first kappa shape index (κ1) is 23.3. The lowest BCUT2D eigenvalue weighted by Gasteiger charge is -2.48. The zero-order valence-electron chi connectivity index (χ0n) is 19.4. The number of rotatable bonds is 7. The summed E-state index contributed by atoms with van der Waals surface area (Å²) in [6.45, 7) is 1.45. The van der Waals surface area contributed by atoms with E-state index in [-0.39, 0.29) is 47.2 Å². The average Bonchev–Trinajstić information content (AvgIpc) is 3.58. The molecule has 0 aromatic heterocycles. The van der Waals surface area contributed by atoms with Gasteiger partial charge in [-0.25, -0.2) is 13.1 Å². The molecule has 0 spiro atoms. The highest BCUT2D eigenvalue weighted by atomic mass is 32.2. The molecule has 2 aromatic rings. The van der Waals surface area contributed by atoms with Gasteiger partial charge in [-0.3, -0.25) is 19.3 Å². The van der Waals surface area contributed by atoms with E-state index in [1.165, 1.54) is 30.2 Å². The fourth-order valence-corrected chi connectivity index (χ4v) is 6.05. The summed E-state index contributed by atoms with van der Waals surface area (Å²) in [6, 6.07) is 11.0. The number of anilines is 2. The SMILES string of the molecule is COc1ccc(S(=O)(=O)NC2CC2)cc1NC(=O)CN1C(=O)c2ccccc2N2C(=O)CCC12C. The molecule has 2 aliphatic heterocycles. The Kier molecular flexibility index (Phi) is 5.56. The molecule has 2 fully saturated rings. The maximum absolute atomic E-state index is 13.4. The van der Waals surface area contributed by atoms with Crippen LogP contribution in [0.3, 0.4) is 0 Å². The lowest BCUT2D eigenvalue weighted by molar-refractivity contribution is -0.120. The summed E-state index contributed by atoms with van der Waals surface area (Å²) >= 11 is 0. The molecule has 1 saturated carbocycles. The number of benzene rings is 2. The van der Waals surface area contributed by atoms with Crippen molar-refractivity contribution in [3.63, 3.8) is 0 Å². The average molecular weight is 499 g/mol. The van der Waals surface area contributed by atoms with Gasteiger partial charge in [0.25, 0.3) is 5.91 Å². The number of para-hydroxylation sites is 1. The van der Waals surface area contributed by atoms with Gasteiger partial charge in [0.15, 0.2) is 0 Å². The fraction of sp³-hybridized carbons (Fsp3) is 0.375. The molecular formula is C24H26N4O6S. The van der Waals surface area contributed by atoms with Gasteiger partial charge in [0.05, 0.1) is 28.9 Å². The lowest BCUT2D eigenvalue weighted by Crippen LogP contribution is -2.63. The maximum Gasteiger partial charge on any atom is 0.258 e. The lowest BCUT2D eigenvalue weighted by atomic mass is 9.98. The van der Waals surface area contributed by atoms with Crippen LogP contribution in [0.5, 0.6) is 5.75 Å². The van der Waals surface area contributed by atoms with E-state index < -0.39 is 21.6 Å². The molecule has 1 atom stereocenters. The van der Waals surface area contributed by atoms with Crippen LogP contribution in [0.15, 0.2) is 47.4 Å². The fourth-order valence-electron chi connectivity index (χ4n) is 4.72. The summed E-state index contributed by atoms with van der Waals surface area (Å²) in [5.74, 6) is -0.717. The van der Waals surface area contributed by atoms with Crippen LogP contribution in [0.2, 0.25) is 0 Å². The van der Waals surface area contributed by atoms with E-state index in [1.807, 2.05) is 0 Å². The molecule has 0 bridgehead atoms. The van der Waals surface area contributed by atoms with Gasteiger partial charge in [-0.2, -0.15) is 0 Å². The van der Waals surface area contributed by atoms with Gasteiger partial charge < -0.3 is 15.0 Å². The number of amides is 3. The van der Waals surface area contributed by atoms with Crippen LogP contribution in [-0.4, -0.2) is 56.4 Å². The molecule has 1 unspecified atom stereocenters. The highest BCUT2D eigenvalue weighted by Gasteiger charge is 2.53. The Bertz CT molecular complexity index is 1340. The van der Waals surface area contributed by atoms with Crippen molar-refractivity contribution in [3.8, 4) is 5.75 Å². The standard InChI is InChI=1S/C24H26N4O6S/c1-24-12-11-22(30)28(24)19-6-4-3-5-17(19)23(31)27(24)14-21(29)25-18-13-16(9-10-20(18)34-2)35(32,33)26-15-7-8-15/h3-6,9-10,13,15,26H,7-8,11-12,14H2,1-2H3,(H,25,29). The van der Waals surface area contributed by atoms with E-state index in [0.29, 0.717) is 17.7 Å². The van der Waals surface area contributed by atoms with Crippen LogP contribution in [0, 0.1) is 0 Å². The summed E-state index contributed by atoms with van der Waals surface area (Å²) in [6.07, 6.45) is 2.25. The van der Waals surface area contributed by atoms with Gasteiger partial charge >= 0.3 is 0 Å². The third kappa shape index (κ3) is 4.04. The van der Waals surface area contributed by atoms with Gasteiger partial charge in [0.2, 0.25) is 21.8 Å². The van der Waals surface area contributed by atoms with Gasteiger partial charge in [0.1, 0.15) is 18.0 Å². The minimum absolute atomic E-state index is 0.00278. The Morgan fingerprint density at radius 1 is 1.17 bits per heavy atom. The quantitative estimate of drug-likeness (QED) is 0.602. The first-order valence-electron chi connectivity index (χ1n) is 11.4. The van der Waals surface area contributed by atoms with Gasteiger partial charge in [0, 0.05) is 12.5 Å². The zero-order valence-corrected chi connectivity index (χ0v) is 20.2. The molecule has 5 rings (SSSR count). The molecule has 2 aromatic carbocycles. The van der Waals surface area contributed by atoms with Gasteiger partial charge in [-0.15, -0.1) is 0 Å². The molecule has 3 amide bonds. The van der Waals surface area contributed by atoms with Crippen LogP contribution in [0.1, 0.15) is 43.0 Å². The first-order chi connectivity index (χ1) is 16.6. The van der Waals surface area contributed by atoms with Crippen molar-refractivity contribution in [2.75, 3.05) is 23.9 Å². The third-order valence-corrected chi connectivity index (χ3v) is 8.22. The predicted molar refractivity (Wildman–Crippen MR) is 128 cm³/mol. The van der Waals surface area contributed by atoms with E-state index in [1.54, 1.807) is 36.1 Å². The number of nitrogens with one attached hydrogen (secondary N) is 2. The first-order valence-corrected chi connectivity index (χ1v) is 12.9. The maximum atomic E-state index is 13.4. The van der Waals surface area contributed by atoms with Crippen molar-refractivity contribution in [2.45, 2.75) is 49.2 Å². The highest BCUT2D eigenvalue weighted by Crippen LogP contribution is 2.44. The molecule has 184 valence electrons. The number of methoxy groups -OCH3 is 1. The number of ether oxygens (including phenoxy) is 1. The van der Waals surface area contributed by atoms with Crippen molar-refractivity contribution in [1.29, 1.82) is 0 Å². The summed E-state index contributed by atoms with van der Waals surface area (Å²) in [5, 5.41) is 2.69. The minimum Gasteiger partial charge on any atom is -0.495 e. The monoisotopic (exact) mass is 498 g/mol. The predicted octanol–water partition coefficient (Wildman–Crippen LogP) is 2.07. The molecule has 35 heavy (non-hydrogen) atoms. The molecule has 3 aliphatic rings. The second-order valence-corrected chi connectivity index (χ2v) is 10.9. The molecule has 11 heteroatoms. The summed E-state index contributed by atoms with van der Waals surface area (Å²) < 4.78 is 33.2. The van der Waals surface area contributed by atoms with Crippen LogP contribution in [-0.2, 0) is 19.6 Å². The van der Waals surface area contributed by atoms with E-state index in [4.69, 9.17) is 4.74 Å². The van der Waals surface area contributed by atoms with Crippen molar-refractivity contribution < 1.29 is 27.5 Å². The van der Waals surface area contributed by atoms with E-state index >= 15 is 0 Å². The Labute approximate surface area is 203 Å². The number of carbonyl (C=O) groups is 3. The molecular weight excluding hydrogens is 472 g/mol. The summed E-state index contributed by atoms with van der Waals surface area (Å²) in [7, 11) is -2.33. The van der Waals surface area contributed by atoms with E-state index in [9.17, 15) is 22.8 Å². The van der Waals surface area contributed by atoms with Crippen LogP contribution in [0.25, 0.3) is 0 Å². The van der Waals surface area contributed by atoms with Crippen LogP contribution < -0.4 is 19.7 Å². The Morgan fingerprint density at radius 2 is 1.91 bits per heavy atom. The molecule has 1 aliphatic carbocycles. The second kappa shape index (κ2) is 8.35. The summed E-state index contributed by atoms with van der Waals surface area (Å²) in [4.78, 5) is 42.2. The molecule has 0 radical (unpaired) electrons. The van der Waals surface area contributed by atoms with Crippen molar-refractivity contribution in [1.82, 2.24) is 9.62 Å². The number of sulfonamides is 1. The van der Waals surface area contributed by atoms with E-state index in [0.717, 1.165) is 12.8 Å². The Hall–Kier alpha value is -3.44. The number of hydrogen-bond donors (Lipinski definition) is 2. The minimum atomic E-state index is -3.74. The third-order valence-electron chi connectivity index (χ3n) is 6.70. The Balaban J connectivity index is 1.42. The number of carbonyl (C=O) groups excluding carboxylic acids is 3. The number of fused-ring (bicyclic) bond motifs is 3. The van der Waals surface area contributed by atoms with Crippen LogP contribution in [0.4, 0.5) is 11.4 Å². The zero-order chi connectivity index (χ0) is 25.0. The topological polar surface area (TPSA) is 125 Å². The smallest absolute Gasteiger partial charge is 0.258 e. The molecule has 2 heterocycles. The van der Waals surface area contributed by atoms with Crippen LogP contribution >= 0.6 is 0 Å². The summed E-state index contributed by atoms with van der Waals surface area (Å²) in [5.41, 5.74) is 0.0841. The van der Waals surface area contributed by atoms with Crippen molar-refractivity contribution >= 4 is 39.1 Å². The van der Waals surface area contributed by atoms with E-state index in [2.05, 4.69) is 10.0 Å². The van der Waals surface area contributed by atoms with Gasteiger partial charge in [-0.1, -0.05) is 12.1 Å². The highest BCUT2D eigenvalue weighted by molar-refractivity contribution is 7.89. The molecule has 2 N–H and O–H groups in total. The number of nitrogens with zero attached hydrogens (tertiary/aromatic N) is 2. The Morgan fingerprint density at radius 3 is 2.63 bits per heavy atom. The number of hydrogen-bond acceptors (Lipinski definition) is 6. The second-order valence-electron chi connectivity index (χ2n) is 9.16. The van der Waals surface area contributed by atoms with Crippen molar-refractivity contribution in [3.05, 3.63) is 48.0 Å².